The highest BCUT2D eigenvalue weighted by Gasteiger charge is 2.05. The zero-order valence-corrected chi connectivity index (χ0v) is 10.9. The zero-order valence-electron chi connectivity index (χ0n) is 9.29. The summed E-state index contributed by atoms with van der Waals surface area (Å²) < 4.78 is 2.01. The van der Waals surface area contributed by atoms with E-state index in [0.29, 0.717) is 29.7 Å². The fraction of sp³-hybridized carbons (Fsp3) is 0.500. The summed E-state index contributed by atoms with van der Waals surface area (Å²) in [5, 5.41) is 2.54. The molecule has 0 atom stereocenters. The normalized spacial score (nSPS) is 10.2. The Balaban J connectivity index is 2.71. The van der Waals surface area contributed by atoms with Crippen LogP contribution in [0.4, 0.5) is 0 Å². The average molecular weight is 288 g/mol. The van der Waals surface area contributed by atoms with Gasteiger partial charge in [-0.05, 0) is 29.3 Å². The smallest absolute Gasteiger partial charge is 0.267 e. The SMILES string of the molecule is CNC(=O)CCCn1c(C)ncc(Br)c1=O. The third kappa shape index (κ3) is 3.16. The predicted molar refractivity (Wildman–Crippen MR) is 64.2 cm³/mol. The summed E-state index contributed by atoms with van der Waals surface area (Å²) >= 11 is 3.14. The van der Waals surface area contributed by atoms with Gasteiger partial charge in [0.05, 0.1) is 0 Å². The number of hydrogen-bond donors (Lipinski definition) is 1. The van der Waals surface area contributed by atoms with Crippen molar-refractivity contribution in [3.05, 3.63) is 26.8 Å². The predicted octanol–water partition coefficient (Wildman–Crippen LogP) is 0.840. The molecule has 16 heavy (non-hydrogen) atoms. The summed E-state index contributed by atoms with van der Waals surface area (Å²) in [7, 11) is 1.60. The van der Waals surface area contributed by atoms with Gasteiger partial charge in [-0.2, -0.15) is 0 Å². The Morgan fingerprint density at radius 1 is 1.62 bits per heavy atom. The first-order valence-electron chi connectivity index (χ1n) is 4.98. The van der Waals surface area contributed by atoms with E-state index in [0.717, 1.165) is 0 Å². The van der Waals surface area contributed by atoms with E-state index >= 15 is 0 Å². The lowest BCUT2D eigenvalue weighted by Gasteiger charge is -2.08. The number of amides is 1. The molecule has 0 aromatic carbocycles. The minimum atomic E-state index is -0.107. The van der Waals surface area contributed by atoms with Crippen molar-refractivity contribution in [1.29, 1.82) is 0 Å². The Kier molecular flexibility index (Phi) is 4.67. The first-order chi connectivity index (χ1) is 7.56. The average Bonchev–Trinajstić information content (AvgIpc) is 2.28. The van der Waals surface area contributed by atoms with Gasteiger partial charge in [0.1, 0.15) is 10.3 Å². The summed E-state index contributed by atoms with van der Waals surface area (Å²) in [6.45, 7) is 2.28. The van der Waals surface area contributed by atoms with Crippen molar-refractivity contribution in [1.82, 2.24) is 14.9 Å². The van der Waals surface area contributed by atoms with Gasteiger partial charge in [0.15, 0.2) is 0 Å². The maximum atomic E-state index is 11.7. The van der Waals surface area contributed by atoms with E-state index in [1.54, 1.807) is 18.5 Å². The van der Waals surface area contributed by atoms with E-state index in [-0.39, 0.29) is 11.5 Å². The molecule has 0 radical (unpaired) electrons. The number of carbonyl (C=O) groups excluding carboxylic acids is 1. The molecule has 1 aromatic heterocycles. The van der Waals surface area contributed by atoms with Gasteiger partial charge in [-0.15, -0.1) is 0 Å². The zero-order chi connectivity index (χ0) is 12.1. The van der Waals surface area contributed by atoms with Crippen LogP contribution in [-0.2, 0) is 11.3 Å². The molecule has 0 aliphatic heterocycles. The third-order valence-corrected chi connectivity index (χ3v) is 2.81. The Labute approximate surface area is 102 Å². The summed E-state index contributed by atoms with van der Waals surface area (Å²) in [5.41, 5.74) is -0.107. The van der Waals surface area contributed by atoms with Crippen molar-refractivity contribution in [3.8, 4) is 0 Å². The lowest BCUT2D eigenvalue weighted by Crippen LogP contribution is -2.25. The highest BCUT2D eigenvalue weighted by molar-refractivity contribution is 9.10. The van der Waals surface area contributed by atoms with Crippen LogP contribution in [0.3, 0.4) is 0 Å². The second kappa shape index (κ2) is 5.79. The molecule has 5 nitrogen and oxygen atoms in total. The van der Waals surface area contributed by atoms with E-state index in [1.165, 1.54) is 6.20 Å². The van der Waals surface area contributed by atoms with Crippen molar-refractivity contribution >= 4 is 21.8 Å². The lowest BCUT2D eigenvalue weighted by atomic mass is 10.3. The van der Waals surface area contributed by atoms with Crippen LogP contribution in [0.25, 0.3) is 0 Å². The van der Waals surface area contributed by atoms with Crippen LogP contribution in [0.15, 0.2) is 15.5 Å². The van der Waals surface area contributed by atoms with Crippen molar-refractivity contribution < 1.29 is 4.79 Å². The lowest BCUT2D eigenvalue weighted by molar-refractivity contribution is -0.120. The van der Waals surface area contributed by atoms with E-state index in [9.17, 15) is 9.59 Å². The van der Waals surface area contributed by atoms with E-state index in [4.69, 9.17) is 0 Å². The van der Waals surface area contributed by atoms with Gasteiger partial charge >= 0.3 is 0 Å². The molecule has 0 saturated carbocycles. The number of nitrogens with one attached hydrogen (secondary N) is 1. The third-order valence-electron chi connectivity index (χ3n) is 2.27. The minimum absolute atomic E-state index is 0.0198. The molecular formula is C10H14BrN3O2. The molecule has 0 bridgehead atoms. The Morgan fingerprint density at radius 3 is 2.94 bits per heavy atom. The second-order valence-corrected chi connectivity index (χ2v) is 4.24. The monoisotopic (exact) mass is 287 g/mol. The molecule has 0 saturated heterocycles. The molecule has 0 unspecified atom stereocenters. The molecular weight excluding hydrogens is 274 g/mol. The summed E-state index contributed by atoms with van der Waals surface area (Å²) in [6.07, 6.45) is 2.53. The van der Waals surface area contributed by atoms with Crippen LogP contribution in [0.1, 0.15) is 18.7 Å². The van der Waals surface area contributed by atoms with Crippen LogP contribution < -0.4 is 10.9 Å². The number of rotatable bonds is 4. The molecule has 1 rings (SSSR count). The van der Waals surface area contributed by atoms with Crippen LogP contribution in [0.5, 0.6) is 0 Å². The molecule has 0 aliphatic rings. The van der Waals surface area contributed by atoms with Gasteiger partial charge in [0.2, 0.25) is 5.91 Å². The number of aryl methyl sites for hydroxylation is 1. The quantitative estimate of drug-likeness (QED) is 0.893. The van der Waals surface area contributed by atoms with Crippen LogP contribution in [0, 0.1) is 6.92 Å². The molecule has 1 N–H and O–H groups in total. The maximum Gasteiger partial charge on any atom is 0.267 e. The summed E-state index contributed by atoms with van der Waals surface area (Å²) in [6, 6.07) is 0. The number of nitrogens with zero attached hydrogens (tertiary/aromatic N) is 2. The maximum absolute atomic E-state index is 11.7. The molecule has 88 valence electrons. The van der Waals surface area contributed by atoms with Crippen LogP contribution in [-0.4, -0.2) is 22.5 Å². The van der Waals surface area contributed by atoms with Gasteiger partial charge in [-0.1, -0.05) is 0 Å². The standard InChI is InChI=1S/C10H14BrN3O2/c1-7-13-6-8(11)10(16)14(7)5-3-4-9(15)12-2/h6H,3-5H2,1-2H3,(H,12,15). The molecule has 6 heteroatoms. The summed E-state index contributed by atoms with van der Waals surface area (Å²) in [5.74, 6) is 0.638. The van der Waals surface area contributed by atoms with Crippen molar-refractivity contribution in [2.45, 2.75) is 26.3 Å². The number of hydrogen-bond acceptors (Lipinski definition) is 3. The largest absolute Gasteiger partial charge is 0.359 e. The van der Waals surface area contributed by atoms with Crippen LogP contribution >= 0.6 is 15.9 Å². The number of halogens is 1. The van der Waals surface area contributed by atoms with Crippen molar-refractivity contribution in [2.24, 2.45) is 0 Å². The highest BCUT2D eigenvalue weighted by atomic mass is 79.9. The van der Waals surface area contributed by atoms with Gasteiger partial charge in [-0.3, -0.25) is 14.2 Å². The Hall–Kier alpha value is -1.17. The fourth-order valence-corrected chi connectivity index (χ4v) is 1.65. The van der Waals surface area contributed by atoms with Gasteiger partial charge in [0, 0.05) is 26.2 Å². The highest BCUT2D eigenvalue weighted by Crippen LogP contribution is 2.03. The van der Waals surface area contributed by atoms with Crippen molar-refractivity contribution in [3.63, 3.8) is 0 Å². The topological polar surface area (TPSA) is 64.0 Å². The fourth-order valence-electron chi connectivity index (χ4n) is 1.34. The van der Waals surface area contributed by atoms with Gasteiger partial charge < -0.3 is 5.32 Å². The summed E-state index contributed by atoms with van der Waals surface area (Å²) in [4.78, 5) is 26.8. The molecule has 0 aliphatic carbocycles. The van der Waals surface area contributed by atoms with E-state index in [1.807, 2.05) is 0 Å². The van der Waals surface area contributed by atoms with E-state index < -0.39 is 0 Å². The molecule has 1 heterocycles. The Morgan fingerprint density at radius 2 is 2.31 bits per heavy atom. The van der Waals surface area contributed by atoms with E-state index in [2.05, 4.69) is 26.2 Å². The number of aromatic nitrogens is 2. The van der Waals surface area contributed by atoms with Crippen LogP contribution in [0.2, 0.25) is 0 Å². The first-order valence-corrected chi connectivity index (χ1v) is 5.78. The molecule has 0 spiro atoms. The minimum Gasteiger partial charge on any atom is -0.359 e. The molecule has 1 amide bonds. The second-order valence-electron chi connectivity index (χ2n) is 3.39. The molecule has 0 fully saturated rings. The number of carbonyl (C=O) groups is 1. The van der Waals surface area contributed by atoms with Crippen molar-refractivity contribution in [2.75, 3.05) is 7.05 Å². The molecule has 1 aromatic rings. The van der Waals surface area contributed by atoms with Gasteiger partial charge in [0.25, 0.3) is 5.56 Å². The first kappa shape index (κ1) is 12.9. The Bertz CT molecular complexity index is 442. The van der Waals surface area contributed by atoms with Gasteiger partial charge in [-0.25, -0.2) is 4.98 Å².